The van der Waals surface area contributed by atoms with Crippen molar-refractivity contribution < 1.29 is 27.1 Å². The van der Waals surface area contributed by atoms with Crippen LogP contribution in [0.15, 0.2) is 35.5 Å². The van der Waals surface area contributed by atoms with E-state index in [1.54, 1.807) is 12.1 Å². The minimum Gasteiger partial charge on any atom is -0.465 e. The van der Waals surface area contributed by atoms with Gasteiger partial charge in [-0.05, 0) is 42.4 Å². The summed E-state index contributed by atoms with van der Waals surface area (Å²) in [7, 11) is -4.12. The monoisotopic (exact) mass is 628 g/mol. The highest BCUT2D eigenvalue weighted by Gasteiger charge is 2.47. The van der Waals surface area contributed by atoms with Crippen molar-refractivity contribution >= 4 is 55.0 Å². The van der Waals surface area contributed by atoms with Crippen LogP contribution in [-0.4, -0.2) is 67.4 Å². The minimum atomic E-state index is -4.12. The molecule has 2 N–H and O–H groups in total. The average Bonchev–Trinajstić information content (AvgIpc) is 3.39. The van der Waals surface area contributed by atoms with E-state index in [0.717, 1.165) is 5.57 Å². The first-order valence-corrected chi connectivity index (χ1v) is 15.6. The van der Waals surface area contributed by atoms with Crippen LogP contribution in [0.25, 0.3) is 32.6 Å². The quantitative estimate of drug-likeness (QED) is 0.302. The highest BCUT2D eigenvalue weighted by molar-refractivity contribution is 7.89. The summed E-state index contributed by atoms with van der Waals surface area (Å²) in [5.74, 6) is 0. The van der Waals surface area contributed by atoms with Crippen LogP contribution >= 0.6 is 11.3 Å². The third-order valence-corrected chi connectivity index (χ3v) is 10.3. The number of fused-ring (bicyclic) bond motifs is 3. The van der Waals surface area contributed by atoms with Crippen LogP contribution in [0.4, 0.5) is 13.6 Å². The Labute approximate surface area is 248 Å². The summed E-state index contributed by atoms with van der Waals surface area (Å²) in [4.78, 5) is 22.3. The molecule has 16 heteroatoms. The fourth-order valence-corrected chi connectivity index (χ4v) is 7.53. The summed E-state index contributed by atoms with van der Waals surface area (Å²) in [6.07, 6.45) is 0.379. The topological polar surface area (TPSA) is 167 Å². The van der Waals surface area contributed by atoms with E-state index >= 15 is 0 Å². The summed E-state index contributed by atoms with van der Waals surface area (Å²) < 4.78 is 57.5. The number of hydrogen-bond acceptors (Lipinski definition) is 9. The first-order chi connectivity index (χ1) is 20.2. The Morgan fingerprint density at radius 1 is 1.26 bits per heavy atom. The van der Waals surface area contributed by atoms with Crippen LogP contribution in [0.1, 0.15) is 57.2 Å². The van der Waals surface area contributed by atoms with E-state index < -0.39 is 38.5 Å². The maximum absolute atomic E-state index is 13.5. The van der Waals surface area contributed by atoms with Crippen LogP contribution < -0.4 is 4.72 Å². The molecule has 224 valence electrons. The minimum absolute atomic E-state index is 0.0559. The zero-order valence-corrected chi connectivity index (χ0v) is 24.9. The van der Waals surface area contributed by atoms with Crippen molar-refractivity contribution in [3.63, 3.8) is 0 Å². The van der Waals surface area contributed by atoms with Crippen molar-refractivity contribution in [3.8, 4) is 11.2 Å². The standard InChI is InChI=1S/C27H26F2N8O4S2/c1-26(2,3)18-10-14(6-9-36(18)25(38)39)20-19-16-5-4-15(43(40,41)35-27(12-30)7-8-27)11-17(16)37(22(19)32-13-31-20)24-34-33-23(42-24)21(28)29/h4-6,11,13,18,21,35H,7-10H2,1-3H3,(H,38,39). The van der Waals surface area contributed by atoms with Crippen LogP contribution in [0, 0.1) is 16.7 Å². The molecule has 1 aromatic carbocycles. The summed E-state index contributed by atoms with van der Waals surface area (Å²) in [5, 5.41) is 27.4. The summed E-state index contributed by atoms with van der Waals surface area (Å²) in [6, 6.07) is 6.03. The van der Waals surface area contributed by atoms with Gasteiger partial charge in [0.05, 0.1) is 27.6 Å². The van der Waals surface area contributed by atoms with E-state index in [0.29, 0.717) is 58.2 Å². The van der Waals surface area contributed by atoms with Crippen LogP contribution in [-0.2, 0) is 10.0 Å². The van der Waals surface area contributed by atoms with Crippen LogP contribution in [0.3, 0.4) is 0 Å². The van der Waals surface area contributed by atoms with Gasteiger partial charge >= 0.3 is 6.09 Å². The van der Waals surface area contributed by atoms with Gasteiger partial charge in [0, 0.05) is 18.0 Å². The number of hydrogen-bond donors (Lipinski definition) is 2. The second-order valence-electron chi connectivity index (χ2n) is 11.7. The molecule has 3 aromatic heterocycles. The Hall–Kier alpha value is -4.07. The van der Waals surface area contributed by atoms with E-state index in [1.165, 1.54) is 27.9 Å². The van der Waals surface area contributed by atoms with E-state index in [2.05, 4.69) is 24.9 Å². The number of nitrogens with zero attached hydrogens (tertiary/aromatic N) is 7. The number of sulfonamides is 1. The molecule has 0 spiro atoms. The molecule has 12 nitrogen and oxygen atoms in total. The van der Waals surface area contributed by atoms with Crippen molar-refractivity contribution in [1.82, 2.24) is 34.4 Å². The van der Waals surface area contributed by atoms with Gasteiger partial charge in [-0.2, -0.15) is 9.98 Å². The average molecular weight is 629 g/mol. The molecular formula is C27H26F2N8O4S2. The molecule has 43 heavy (non-hydrogen) atoms. The lowest BCUT2D eigenvalue weighted by molar-refractivity contribution is 0.0884. The third-order valence-electron chi connectivity index (χ3n) is 7.80. The Morgan fingerprint density at radius 3 is 2.60 bits per heavy atom. The highest BCUT2D eigenvalue weighted by Crippen LogP contribution is 2.42. The molecule has 1 amide bonds. The van der Waals surface area contributed by atoms with Crippen molar-refractivity contribution in [2.24, 2.45) is 5.41 Å². The van der Waals surface area contributed by atoms with E-state index in [-0.39, 0.29) is 22.6 Å². The zero-order valence-electron chi connectivity index (χ0n) is 23.2. The predicted octanol–water partition coefficient (Wildman–Crippen LogP) is 4.88. The van der Waals surface area contributed by atoms with E-state index in [9.17, 15) is 32.4 Å². The largest absolute Gasteiger partial charge is 0.465 e. The Bertz CT molecular complexity index is 1970. The molecule has 1 aliphatic carbocycles. The lowest BCUT2D eigenvalue weighted by atomic mass is 9.79. The predicted molar refractivity (Wildman–Crippen MR) is 153 cm³/mol. The lowest BCUT2D eigenvalue weighted by Gasteiger charge is -2.41. The molecule has 4 aromatic rings. The Kier molecular flexibility index (Phi) is 6.75. The number of nitriles is 1. The first-order valence-electron chi connectivity index (χ1n) is 13.3. The number of carbonyl (C=O) groups is 1. The number of carboxylic acid groups (broad SMARTS) is 1. The Balaban J connectivity index is 1.58. The van der Waals surface area contributed by atoms with Gasteiger partial charge in [-0.15, -0.1) is 10.2 Å². The first kappa shape index (κ1) is 29.0. The van der Waals surface area contributed by atoms with Gasteiger partial charge in [0.2, 0.25) is 15.2 Å². The molecular weight excluding hydrogens is 602 g/mol. The summed E-state index contributed by atoms with van der Waals surface area (Å²) >= 11 is 0.650. The second kappa shape index (κ2) is 10.00. The zero-order chi connectivity index (χ0) is 30.9. The van der Waals surface area contributed by atoms with Gasteiger partial charge in [0.15, 0.2) is 10.7 Å². The molecule has 0 bridgehead atoms. The summed E-state index contributed by atoms with van der Waals surface area (Å²) in [6.45, 7) is 6.02. The van der Waals surface area contributed by atoms with Crippen molar-refractivity contribution in [2.45, 2.75) is 62.9 Å². The molecule has 6 rings (SSSR count). The molecule has 0 radical (unpaired) electrons. The highest BCUT2D eigenvalue weighted by atomic mass is 32.2. The van der Waals surface area contributed by atoms with Crippen molar-refractivity contribution in [1.29, 1.82) is 5.26 Å². The molecule has 1 fully saturated rings. The maximum Gasteiger partial charge on any atom is 0.407 e. The van der Waals surface area contributed by atoms with Crippen molar-refractivity contribution in [3.05, 3.63) is 41.3 Å². The van der Waals surface area contributed by atoms with Gasteiger partial charge in [0.25, 0.3) is 6.43 Å². The van der Waals surface area contributed by atoms with Gasteiger partial charge in [-0.25, -0.2) is 32.0 Å². The fourth-order valence-electron chi connectivity index (χ4n) is 5.42. The smallest absolute Gasteiger partial charge is 0.407 e. The number of nitrogens with one attached hydrogen (secondary N) is 1. The molecule has 2 aliphatic rings. The molecule has 1 aliphatic heterocycles. The van der Waals surface area contributed by atoms with E-state index in [1.807, 2.05) is 26.8 Å². The number of benzene rings is 1. The van der Waals surface area contributed by atoms with Crippen LogP contribution in [0.2, 0.25) is 0 Å². The molecule has 1 atom stereocenters. The van der Waals surface area contributed by atoms with Gasteiger partial charge < -0.3 is 10.0 Å². The van der Waals surface area contributed by atoms with Crippen LogP contribution in [0.5, 0.6) is 0 Å². The number of aromatic nitrogens is 5. The summed E-state index contributed by atoms with van der Waals surface area (Å²) in [5.41, 5.74) is 0.359. The molecule has 4 heterocycles. The van der Waals surface area contributed by atoms with Gasteiger partial charge in [-0.3, -0.25) is 4.57 Å². The van der Waals surface area contributed by atoms with E-state index in [4.69, 9.17) is 0 Å². The molecule has 1 unspecified atom stereocenters. The lowest BCUT2D eigenvalue weighted by Crippen LogP contribution is -2.48. The van der Waals surface area contributed by atoms with Crippen molar-refractivity contribution in [2.75, 3.05) is 6.54 Å². The number of amides is 1. The maximum atomic E-state index is 13.5. The second-order valence-corrected chi connectivity index (χ2v) is 14.4. The third kappa shape index (κ3) is 5.00. The number of halogens is 2. The normalized spacial score (nSPS) is 18.7. The van der Waals surface area contributed by atoms with Gasteiger partial charge in [0.1, 0.15) is 11.9 Å². The molecule has 1 saturated carbocycles. The fraction of sp³-hybridized carbons (Fsp3) is 0.407. The Morgan fingerprint density at radius 2 is 2.00 bits per heavy atom. The number of alkyl halides is 2. The van der Waals surface area contributed by atoms with Gasteiger partial charge in [-0.1, -0.05) is 44.3 Å². The SMILES string of the molecule is CC(C)(C)C1CC(c2ncnc3c2c2ccc(S(=O)(=O)NC4(C#N)CC4)cc2n3-c2nnc(C(F)F)s2)=CCN1C(=O)O. The molecule has 0 saturated heterocycles. The number of rotatable bonds is 6.